The summed E-state index contributed by atoms with van der Waals surface area (Å²) in [6.07, 6.45) is 4.48. The summed E-state index contributed by atoms with van der Waals surface area (Å²) in [6.45, 7) is 1.92. The van der Waals surface area contributed by atoms with Gasteiger partial charge in [-0.15, -0.1) is 0 Å². The Balaban J connectivity index is 2.16. The van der Waals surface area contributed by atoms with Crippen LogP contribution in [0.2, 0.25) is 0 Å². The molecular formula is C10H13NO2. The lowest BCUT2D eigenvalue weighted by atomic mass is 10.3. The van der Waals surface area contributed by atoms with Gasteiger partial charge in [-0.2, -0.15) is 0 Å². The Morgan fingerprint density at radius 1 is 1.46 bits per heavy atom. The maximum atomic E-state index is 5.58. The normalized spacial score (nSPS) is 15.5. The number of hydrogen-bond donors (Lipinski definition) is 0. The molecule has 3 heteroatoms. The molecule has 0 spiro atoms. The van der Waals surface area contributed by atoms with Crippen molar-refractivity contribution in [3.05, 3.63) is 18.0 Å². The van der Waals surface area contributed by atoms with Gasteiger partial charge in [0.15, 0.2) is 0 Å². The quantitative estimate of drug-likeness (QED) is 0.710. The molecule has 0 saturated heterocycles. The third-order valence-corrected chi connectivity index (χ3v) is 2.06. The van der Waals surface area contributed by atoms with E-state index in [1.165, 1.54) is 0 Å². The molecule has 0 bridgehead atoms. The average molecular weight is 179 g/mol. The van der Waals surface area contributed by atoms with Crippen molar-refractivity contribution in [1.29, 1.82) is 0 Å². The molecule has 1 fully saturated rings. The molecule has 0 aliphatic heterocycles. The predicted molar refractivity (Wildman–Crippen MR) is 49.2 cm³/mol. The lowest BCUT2D eigenvalue weighted by Crippen LogP contribution is -1.98. The lowest BCUT2D eigenvalue weighted by molar-refractivity contribution is 0.299. The van der Waals surface area contributed by atoms with E-state index in [1.54, 1.807) is 13.3 Å². The summed E-state index contributed by atoms with van der Waals surface area (Å²) in [4.78, 5) is 4.18. The topological polar surface area (TPSA) is 31.4 Å². The Kier molecular flexibility index (Phi) is 2.08. The SMILES string of the molecule is COc1cc(OC2CC2)cnc1C. The number of ether oxygens (including phenoxy) is 2. The molecule has 0 aromatic carbocycles. The van der Waals surface area contributed by atoms with Gasteiger partial charge in [0.1, 0.15) is 11.5 Å². The molecular weight excluding hydrogens is 166 g/mol. The Morgan fingerprint density at radius 3 is 2.85 bits per heavy atom. The highest BCUT2D eigenvalue weighted by molar-refractivity contribution is 5.34. The summed E-state index contributed by atoms with van der Waals surface area (Å²) in [5.74, 6) is 1.60. The van der Waals surface area contributed by atoms with Crippen LogP contribution in [0.1, 0.15) is 18.5 Å². The van der Waals surface area contributed by atoms with Crippen molar-refractivity contribution in [3.63, 3.8) is 0 Å². The molecule has 0 unspecified atom stereocenters. The molecule has 1 aromatic rings. The summed E-state index contributed by atoms with van der Waals surface area (Å²) in [6, 6.07) is 1.89. The van der Waals surface area contributed by atoms with Gasteiger partial charge in [-0.3, -0.25) is 4.98 Å². The van der Waals surface area contributed by atoms with Crippen molar-refractivity contribution in [2.24, 2.45) is 0 Å². The fraction of sp³-hybridized carbons (Fsp3) is 0.500. The van der Waals surface area contributed by atoms with Gasteiger partial charge in [0.2, 0.25) is 0 Å². The first-order valence-electron chi connectivity index (χ1n) is 4.47. The van der Waals surface area contributed by atoms with Crippen LogP contribution >= 0.6 is 0 Å². The van der Waals surface area contributed by atoms with E-state index in [1.807, 2.05) is 13.0 Å². The van der Waals surface area contributed by atoms with Crippen LogP contribution in [0, 0.1) is 6.92 Å². The van der Waals surface area contributed by atoms with Crippen LogP contribution in [-0.2, 0) is 0 Å². The largest absolute Gasteiger partial charge is 0.495 e. The fourth-order valence-corrected chi connectivity index (χ4v) is 1.14. The summed E-state index contributed by atoms with van der Waals surface area (Å²) in [5, 5.41) is 0. The van der Waals surface area contributed by atoms with Gasteiger partial charge < -0.3 is 9.47 Å². The molecule has 1 aliphatic carbocycles. The van der Waals surface area contributed by atoms with Crippen molar-refractivity contribution >= 4 is 0 Å². The summed E-state index contributed by atoms with van der Waals surface area (Å²) in [7, 11) is 1.64. The van der Waals surface area contributed by atoms with Crippen LogP contribution in [0.25, 0.3) is 0 Å². The van der Waals surface area contributed by atoms with Crippen molar-refractivity contribution < 1.29 is 9.47 Å². The van der Waals surface area contributed by atoms with E-state index >= 15 is 0 Å². The molecule has 0 amide bonds. The maximum absolute atomic E-state index is 5.58. The number of methoxy groups -OCH3 is 1. The predicted octanol–water partition coefficient (Wildman–Crippen LogP) is 1.94. The van der Waals surface area contributed by atoms with Crippen molar-refractivity contribution in [3.8, 4) is 11.5 Å². The minimum absolute atomic E-state index is 0.411. The number of aromatic nitrogens is 1. The zero-order valence-electron chi connectivity index (χ0n) is 7.91. The standard InChI is InChI=1S/C10H13NO2/c1-7-10(12-2)5-9(6-11-7)13-8-3-4-8/h5-6,8H,3-4H2,1-2H3. The number of hydrogen-bond acceptors (Lipinski definition) is 3. The van der Waals surface area contributed by atoms with Gasteiger partial charge in [-0.05, 0) is 19.8 Å². The summed E-state index contributed by atoms with van der Waals surface area (Å²) < 4.78 is 10.7. The summed E-state index contributed by atoms with van der Waals surface area (Å²) >= 11 is 0. The molecule has 0 atom stereocenters. The zero-order valence-corrected chi connectivity index (χ0v) is 7.91. The lowest BCUT2D eigenvalue weighted by Gasteiger charge is -2.07. The number of rotatable bonds is 3. The number of pyridine rings is 1. The van der Waals surface area contributed by atoms with E-state index in [4.69, 9.17) is 9.47 Å². The highest BCUT2D eigenvalue weighted by Gasteiger charge is 2.23. The molecule has 70 valence electrons. The Labute approximate surface area is 77.7 Å². The average Bonchev–Trinajstić information content (AvgIpc) is 2.92. The molecule has 1 saturated carbocycles. The van der Waals surface area contributed by atoms with E-state index in [0.29, 0.717) is 6.10 Å². The highest BCUT2D eigenvalue weighted by atomic mass is 16.5. The molecule has 0 radical (unpaired) electrons. The second-order valence-electron chi connectivity index (χ2n) is 3.28. The molecule has 0 N–H and O–H groups in total. The minimum Gasteiger partial charge on any atom is -0.495 e. The third kappa shape index (κ3) is 1.91. The fourth-order valence-electron chi connectivity index (χ4n) is 1.14. The van der Waals surface area contributed by atoms with Gasteiger partial charge in [0.25, 0.3) is 0 Å². The van der Waals surface area contributed by atoms with Gasteiger partial charge in [-0.1, -0.05) is 0 Å². The molecule has 2 rings (SSSR count). The van der Waals surface area contributed by atoms with Gasteiger partial charge >= 0.3 is 0 Å². The van der Waals surface area contributed by atoms with E-state index in [9.17, 15) is 0 Å². The van der Waals surface area contributed by atoms with Crippen LogP contribution < -0.4 is 9.47 Å². The second kappa shape index (κ2) is 3.24. The molecule has 13 heavy (non-hydrogen) atoms. The van der Waals surface area contributed by atoms with Crippen molar-refractivity contribution in [2.45, 2.75) is 25.9 Å². The first kappa shape index (κ1) is 8.35. The second-order valence-corrected chi connectivity index (χ2v) is 3.28. The molecule has 3 nitrogen and oxygen atoms in total. The first-order chi connectivity index (χ1) is 6.29. The smallest absolute Gasteiger partial charge is 0.143 e. The first-order valence-corrected chi connectivity index (χ1v) is 4.47. The third-order valence-electron chi connectivity index (χ3n) is 2.06. The van der Waals surface area contributed by atoms with Gasteiger partial charge in [-0.25, -0.2) is 0 Å². The van der Waals surface area contributed by atoms with E-state index in [-0.39, 0.29) is 0 Å². The Hall–Kier alpha value is -1.25. The zero-order chi connectivity index (χ0) is 9.26. The van der Waals surface area contributed by atoms with E-state index < -0.39 is 0 Å². The molecule has 1 heterocycles. The van der Waals surface area contributed by atoms with Crippen molar-refractivity contribution in [1.82, 2.24) is 4.98 Å². The van der Waals surface area contributed by atoms with Crippen LogP contribution in [0.5, 0.6) is 11.5 Å². The van der Waals surface area contributed by atoms with E-state index in [0.717, 1.165) is 30.0 Å². The van der Waals surface area contributed by atoms with Crippen LogP contribution in [-0.4, -0.2) is 18.2 Å². The molecule has 1 aliphatic rings. The maximum Gasteiger partial charge on any atom is 0.143 e. The monoisotopic (exact) mass is 179 g/mol. The van der Waals surface area contributed by atoms with E-state index in [2.05, 4.69) is 4.98 Å². The highest BCUT2D eigenvalue weighted by Crippen LogP contribution is 2.28. The van der Waals surface area contributed by atoms with Gasteiger partial charge in [0.05, 0.1) is 25.1 Å². The molecule has 1 aromatic heterocycles. The summed E-state index contributed by atoms with van der Waals surface area (Å²) in [5.41, 5.74) is 0.894. The minimum atomic E-state index is 0.411. The van der Waals surface area contributed by atoms with Crippen molar-refractivity contribution in [2.75, 3.05) is 7.11 Å². The number of nitrogens with zero attached hydrogens (tertiary/aromatic N) is 1. The Bertz CT molecular complexity index is 308. The van der Waals surface area contributed by atoms with Crippen LogP contribution in [0.3, 0.4) is 0 Å². The van der Waals surface area contributed by atoms with Crippen LogP contribution in [0.4, 0.5) is 0 Å². The number of aryl methyl sites for hydroxylation is 1. The van der Waals surface area contributed by atoms with Crippen LogP contribution in [0.15, 0.2) is 12.3 Å². The Morgan fingerprint density at radius 2 is 2.23 bits per heavy atom. The van der Waals surface area contributed by atoms with Gasteiger partial charge in [0, 0.05) is 6.07 Å².